The largest absolute Gasteiger partial charge is 0.311 e. The smallest absolute Gasteiger partial charge is 0.0997 e. The van der Waals surface area contributed by atoms with Crippen LogP contribution in [0, 0.1) is 5.92 Å². The van der Waals surface area contributed by atoms with Gasteiger partial charge in [0.05, 0.1) is 11.4 Å². The van der Waals surface area contributed by atoms with Crippen molar-refractivity contribution >= 4 is 0 Å². The number of aryl methyl sites for hydroxylation is 1. The molecule has 1 fully saturated rings. The number of hydrogen-bond acceptors (Lipinski definition) is 3. The molecule has 4 nitrogen and oxygen atoms in total. The Labute approximate surface area is 103 Å². The predicted octanol–water partition coefficient (Wildman–Crippen LogP) is 1.89. The molecule has 1 saturated carbocycles. The van der Waals surface area contributed by atoms with Crippen LogP contribution < -0.4 is 5.32 Å². The van der Waals surface area contributed by atoms with Gasteiger partial charge in [0, 0.05) is 26.1 Å². The Morgan fingerprint density at radius 2 is 2.12 bits per heavy atom. The topological polar surface area (TPSA) is 42.7 Å². The summed E-state index contributed by atoms with van der Waals surface area (Å²) in [6, 6.07) is 0. The molecule has 0 spiro atoms. The van der Waals surface area contributed by atoms with Crippen molar-refractivity contribution in [1.29, 1.82) is 0 Å². The first-order valence-electron chi connectivity index (χ1n) is 7.05. The fourth-order valence-electron chi connectivity index (χ4n) is 3.15. The fraction of sp³-hybridized carbons (Fsp3) is 0.846. The second-order valence-corrected chi connectivity index (χ2v) is 5.43. The molecule has 0 unspecified atom stereocenters. The number of hydrogen-bond donors (Lipinski definition) is 1. The van der Waals surface area contributed by atoms with Gasteiger partial charge >= 0.3 is 0 Å². The zero-order valence-corrected chi connectivity index (χ0v) is 10.5. The number of nitrogens with one attached hydrogen (secondary N) is 1. The second-order valence-electron chi connectivity index (χ2n) is 5.43. The van der Waals surface area contributed by atoms with Gasteiger partial charge in [0.1, 0.15) is 0 Å². The lowest BCUT2D eigenvalue weighted by Crippen LogP contribution is -2.25. The van der Waals surface area contributed by atoms with E-state index in [1.807, 2.05) is 0 Å². The van der Waals surface area contributed by atoms with E-state index in [9.17, 15) is 0 Å². The molecule has 1 N–H and O–H groups in total. The van der Waals surface area contributed by atoms with Crippen molar-refractivity contribution in [2.45, 2.75) is 58.0 Å². The number of fused-ring (bicyclic) bond motifs is 1. The van der Waals surface area contributed by atoms with Crippen LogP contribution in [0.2, 0.25) is 0 Å². The minimum absolute atomic E-state index is 0.902. The van der Waals surface area contributed by atoms with Crippen LogP contribution in [0.15, 0.2) is 0 Å². The average molecular weight is 234 g/mol. The lowest BCUT2D eigenvalue weighted by molar-refractivity contribution is 0.315. The third kappa shape index (κ3) is 2.51. The molecule has 3 rings (SSSR count). The predicted molar refractivity (Wildman–Crippen MR) is 66.6 cm³/mol. The lowest BCUT2D eigenvalue weighted by Gasteiger charge is -2.21. The Hall–Kier alpha value is -0.900. The molecule has 1 aromatic heterocycles. The number of aromatic nitrogens is 3. The highest BCUT2D eigenvalue weighted by atomic mass is 15.4. The molecule has 0 aromatic carbocycles. The van der Waals surface area contributed by atoms with Gasteiger partial charge < -0.3 is 5.32 Å². The molecule has 0 radical (unpaired) electrons. The summed E-state index contributed by atoms with van der Waals surface area (Å²) < 4.78 is 2.16. The van der Waals surface area contributed by atoms with Crippen LogP contribution in [0.25, 0.3) is 0 Å². The summed E-state index contributed by atoms with van der Waals surface area (Å²) >= 11 is 0. The van der Waals surface area contributed by atoms with Crippen LogP contribution in [0.3, 0.4) is 0 Å². The summed E-state index contributed by atoms with van der Waals surface area (Å²) in [4.78, 5) is 0. The summed E-state index contributed by atoms with van der Waals surface area (Å²) in [5.74, 6) is 0.935. The second kappa shape index (κ2) is 5.17. The van der Waals surface area contributed by atoms with Crippen LogP contribution >= 0.6 is 0 Å². The van der Waals surface area contributed by atoms with Crippen LogP contribution in [0.4, 0.5) is 0 Å². The minimum atomic E-state index is 0.902. The van der Waals surface area contributed by atoms with Gasteiger partial charge in [-0.25, -0.2) is 4.68 Å². The van der Waals surface area contributed by atoms with Crippen molar-refractivity contribution in [2.24, 2.45) is 5.92 Å². The van der Waals surface area contributed by atoms with E-state index in [0.29, 0.717) is 0 Å². The van der Waals surface area contributed by atoms with Crippen molar-refractivity contribution in [3.05, 3.63) is 11.4 Å². The van der Waals surface area contributed by atoms with Crippen molar-refractivity contribution in [2.75, 3.05) is 6.54 Å². The maximum atomic E-state index is 4.31. The molecule has 94 valence electrons. The lowest BCUT2D eigenvalue weighted by atomic mass is 9.87. The van der Waals surface area contributed by atoms with Crippen LogP contribution in [-0.4, -0.2) is 21.5 Å². The normalized spacial score (nSPS) is 21.4. The maximum absolute atomic E-state index is 4.31. The molecule has 1 aliphatic heterocycles. The van der Waals surface area contributed by atoms with Crippen molar-refractivity contribution in [3.8, 4) is 0 Å². The Bertz CT molecular complexity index is 365. The van der Waals surface area contributed by atoms with Gasteiger partial charge in [0.25, 0.3) is 0 Å². The monoisotopic (exact) mass is 234 g/mol. The molecular weight excluding hydrogens is 212 g/mol. The molecule has 0 atom stereocenters. The van der Waals surface area contributed by atoms with E-state index in [4.69, 9.17) is 0 Å². The molecule has 0 saturated heterocycles. The molecule has 1 aromatic rings. The van der Waals surface area contributed by atoms with Gasteiger partial charge in [-0.15, -0.1) is 5.10 Å². The molecule has 2 heterocycles. The molecule has 17 heavy (non-hydrogen) atoms. The third-order valence-electron chi connectivity index (χ3n) is 4.22. The first-order chi connectivity index (χ1) is 8.43. The van der Waals surface area contributed by atoms with Gasteiger partial charge in [-0.1, -0.05) is 37.3 Å². The highest BCUT2D eigenvalue weighted by molar-refractivity contribution is 5.13. The van der Waals surface area contributed by atoms with E-state index >= 15 is 0 Å². The summed E-state index contributed by atoms with van der Waals surface area (Å²) in [5.41, 5.74) is 2.54. The fourth-order valence-corrected chi connectivity index (χ4v) is 3.15. The van der Waals surface area contributed by atoms with E-state index in [1.165, 1.54) is 49.9 Å². The van der Waals surface area contributed by atoms with Gasteiger partial charge in [-0.3, -0.25) is 0 Å². The molecule has 2 aliphatic rings. The van der Waals surface area contributed by atoms with Crippen LogP contribution in [0.1, 0.15) is 49.9 Å². The first kappa shape index (κ1) is 11.2. The zero-order valence-electron chi connectivity index (χ0n) is 10.5. The summed E-state index contributed by atoms with van der Waals surface area (Å²) in [6.45, 7) is 3.05. The number of nitrogens with zero attached hydrogens (tertiary/aromatic N) is 3. The highest BCUT2D eigenvalue weighted by Crippen LogP contribution is 2.26. The van der Waals surface area contributed by atoms with Crippen LogP contribution in [0.5, 0.6) is 0 Å². The van der Waals surface area contributed by atoms with E-state index < -0.39 is 0 Å². The molecule has 0 bridgehead atoms. The average Bonchev–Trinajstić information content (AvgIpc) is 2.81. The number of rotatable bonds is 3. The molecule has 4 heteroatoms. The van der Waals surface area contributed by atoms with Crippen molar-refractivity contribution in [1.82, 2.24) is 20.3 Å². The van der Waals surface area contributed by atoms with Gasteiger partial charge in [0.15, 0.2) is 0 Å². The first-order valence-corrected chi connectivity index (χ1v) is 7.05. The highest BCUT2D eigenvalue weighted by Gasteiger charge is 2.18. The quantitative estimate of drug-likeness (QED) is 0.868. The summed E-state index contributed by atoms with van der Waals surface area (Å²) in [6.07, 6.45) is 9.56. The van der Waals surface area contributed by atoms with Gasteiger partial charge in [0.2, 0.25) is 0 Å². The van der Waals surface area contributed by atoms with Gasteiger partial charge in [-0.05, 0) is 12.3 Å². The Morgan fingerprint density at radius 3 is 3.00 bits per heavy atom. The third-order valence-corrected chi connectivity index (χ3v) is 4.22. The zero-order chi connectivity index (χ0) is 11.5. The van der Waals surface area contributed by atoms with E-state index in [-0.39, 0.29) is 0 Å². The molecule has 0 amide bonds. The van der Waals surface area contributed by atoms with E-state index in [1.54, 1.807) is 0 Å². The van der Waals surface area contributed by atoms with Crippen LogP contribution in [-0.2, 0) is 19.5 Å². The van der Waals surface area contributed by atoms with Gasteiger partial charge in [-0.2, -0.15) is 0 Å². The minimum Gasteiger partial charge on any atom is -0.311 e. The summed E-state index contributed by atoms with van der Waals surface area (Å²) in [7, 11) is 0. The molecular formula is C13H22N4. The maximum Gasteiger partial charge on any atom is 0.0997 e. The molecule has 1 aliphatic carbocycles. The summed E-state index contributed by atoms with van der Waals surface area (Å²) in [5, 5.41) is 11.9. The Balaban J connectivity index is 1.59. The van der Waals surface area contributed by atoms with E-state index in [0.717, 1.165) is 32.0 Å². The Kier molecular flexibility index (Phi) is 3.41. The van der Waals surface area contributed by atoms with Crippen molar-refractivity contribution < 1.29 is 0 Å². The Morgan fingerprint density at radius 1 is 1.24 bits per heavy atom. The van der Waals surface area contributed by atoms with Crippen molar-refractivity contribution in [3.63, 3.8) is 0 Å². The SMILES string of the molecule is C1CCC(CCn2nnc3c2CCNC3)CC1. The van der Waals surface area contributed by atoms with E-state index in [2.05, 4.69) is 20.3 Å². The standard InChI is InChI=1S/C13H22N4/c1-2-4-11(5-3-1)7-9-17-13-6-8-14-10-12(13)15-16-17/h11,14H,1-10H2.